The first-order chi connectivity index (χ1) is 11.8. The number of nitrogens with zero attached hydrogens (tertiary/aromatic N) is 1. The zero-order valence-corrected chi connectivity index (χ0v) is 15.4. The number of hydrogen-bond acceptors (Lipinski definition) is 7. The van der Waals surface area contributed by atoms with Crippen LogP contribution in [0.5, 0.6) is 0 Å². The van der Waals surface area contributed by atoms with Gasteiger partial charge in [-0.1, -0.05) is 27.2 Å². The summed E-state index contributed by atoms with van der Waals surface area (Å²) in [5.41, 5.74) is 0. The molecule has 0 fully saturated rings. The van der Waals surface area contributed by atoms with Crippen LogP contribution in [0.1, 0.15) is 40.0 Å². The molecule has 0 atom stereocenters. The SMILES string of the molecule is CCCCOC(=O)CN(C)C(=N)NC(=O)OCCCOC(=O)C(C)C. The van der Waals surface area contributed by atoms with E-state index < -0.39 is 12.1 Å². The van der Waals surface area contributed by atoms with Gasteiger partial charge < -0.3 is 19.1 Å². The maximum absolute atomic E-state index is 11.5. The highest BCUT2D eigenvalue weighted by Crippen LogP contribution is 1.97. The Balaban J connectivity index is 3.88. The summed E-state index contributed by atoms with van der Waals surface area (Å²) in [6.45, 7) is 5.85. The average molecular weight is 359 g/mol. The van der Waals surface area contributed by atoms with Gasteiger partial charge in [-0.25, -0.2) is 4.79 Å². The van der Waals surface area contributed by atoms with E-state index in [4.69, 9.17) is 19.6 Å². The number of likely N-dealkylation sites (N-methyl/N-ethyl adjacent to an activating group) is 1. The smallest absolute Gasteiger partial charge is 0.413 e. The molecule has 0 saturated carbocycles. The van der Waals surface area contributed by atoms with Crippen molar-refractivity contribution in [2.45, 2.75) is 40.0 Å². The average Bonchev–Trinajstić information content (AvgIpc) is 2.54. The zero-order valence-electron chi connectivity index (χ0n) is 15.4. The molecule has 25 heavy (non-hydrogen) atoms. The molecule has 0 heterocycles. The van der Waals surface area contributed by atoms with Crippen LogP contribution in [-0.4, -0.2) is 62.3 Å². The van der Waals surface area contributed by atoms with Gasteiger partial charge in [-0.2, -0.15) is 0 Å². The number of carbonyl (C=O) groups excluding carboxylic acids is 3. The second kappa shape index (κ2) is 13.0. The first kappa shape index (κ1) is 22.7. The Morgan fingerprint density at radius 2 is 1.64 bits per heavy atom. The molecule has 0 spiro atoms. The monoisotopic (exact) mass is 359 g/mol. The van der Waals surface area contributed by atoms with Crippen LogP contribution >= 0.6 is 0 Å². The number of unbranched alkanes of at least 4 members (excludes halogenated alkanes) is 1. The molecule has 0 aliphatic carbocycles. The van der Waals surface area contributed by atoms with E-state index in [1.165, 1.54) is 11.9 Å². The highest BCUT2D eigenvalue weighted by atomic mass is 16.6. The minimum Gasteiger partial charge on any atom is -0.465 e. The number of guanidine groups is 1. The fourth-order valence-electron chi connectivity index (χ4n) is 1.44. The van der Waals surface area contributed by atoms with Gasteiger partial charge in [0.1, 0.15) is 6.54 Å². The van der Waals surface area contributed by atoms with E-state index in [0.717, 1.165) is 12.8 Å². The Kier molecular flexibility index (Phi) is 11.8. The second-order valence-corrected chi connectivity index (χ2v) is 5.72. The molecular weight excluding hydrogens is 330 g/mol. The minimum absolute atomic E-state index is 0.0489. The molecule has 0 rings (SSSR count). The number of hydrogen-bond donors (Lipinski definition) is 2. The molecule has 0 bridgehead atoms. The molecule has 0 unspecified atom stereocenters. The molecule has 144 valence electrons. The van der Waals surface area contributed by atoms with Gasteiger partial charge in [0.25, 0.3) is 0 Å². The second-order valence-electron chi connectivity index (χ2n) is 5.72. The third kappa shape index (κ3) is 11.8. The summed E-state index contributed by atoms with van der Waals surface area (Å²) in [5, 5.41) is 9.89. The predicted octanol–water partition coefficient (Wildman–Crippen LogP) is 1.51. The summed E-state index contributed by atoms with van der Waals surface area (Å²) in [6.07, 6.45) is 1.25. The number of ether oxygens (including phenoxy) is 3. The lowest BCUT2D eigenvalue weighted by atomic mass is 10.2. The van der Waals surface area contributed by atoms with Crippen LogP contribution in [0, 0.1) is 11.3 Å². The summed E-state index contributed by atoms with van der Waals surface area (Å²) in [5.74, 6) is -1.25. The van der Waals surface area contributed by atoms with Gasteiger partial charge in [0.05, 0.1) is 25.7 Å². The van der Waals surface area contributed by atoms with Gasteiger partial charge in [0.2, 0.25) is 5.96 Å². The van der Waals surface area contributed by atoms with Gasteiger partial charge in [-0.15, -0.1) is 0 Å². The molecule has 0 aromatic rings. The van der Waals surface area contributed by atoms with Crippen molar-refractivity contribution in [1.29, 1.82) is 5.41 Å². The van der Waals surface area contributed by atoms with Crippen molar-refractivity contribution < 1.29 is 28.6 Å². The Morgan fingerprint density at radius 3 is 2.24 bits per heavy atom. The van der Waals surface area contributed by atoms with Crippen molar-refractivity contribution in [1.82, 2.24) is 10.2 Å². The van der Waals surface area contributed by atoms with Gasteiger partial charge >= 0.3 is 18.0 Å². The predicted molar refractivity (Wildman–Crippen MR) is 91.1 cm³/mol. The maximum Gasteiger partial charge on any atom is 0.413 e. The first-order valence-electron chi connectivity index (χ1n) is 8.33. The Bertz CT molecular complexity index is 453. The van der Waals surface area contributed by atoms with E-state index in [2.05, 4.69) is 5.32 Å². The summed E-state index contributed by atoms with van der Waals surface area (Å²) in [7, 11) is 1.48. The van der Waals surface area contributed by atoms with Gasteiger partial charge in [-0.05, 0) is 6.42 Å². The summed E-state index contributed by atoms with van der Waals surface area (Å²) >= 11 is 0. The number of nitrogens with one attached hydrogen (secondary N) is 2. The van der Waals surface area contributed by atoms with Gasteiger partial charge in [-0.3, -0.25) is 20.3 Å². The first-order valence-corrected chi connectivity index (χ1v) is 8.33. The van der Waals surface area contributed by atoms with E-state index in [9.17, 15) is 14.4 Å². The largest absolute Gasteiger partial charge is 0.465 e. The Labute approximate surface area is 148 Å². The van der Waals surface area contributed by atoms with Crippen molar-refractivity contribution in [2.24, 2.45) is 5.92 Å². The van der Waals surface area contributed by atoms with Gasteiger partial charge in [0.15, 0.2) is 0 Å². The highest BCUT2D eigenvalue weighted by Gasteiger charge is 2.14. The van der Waals surface area contributed by atoms with Crippen LogP contribution in [0.15, 0.2) is 0 Å². The van der Waals surface area contributed by atoms with E-state index in [1.807, 2.05) is 6.92 Å². The Hall–Kier alpha value is -2.32. The fourth-order valence-corrected chi connectivity index (χ4v) is 1.44. The van der Waals surface area contributed by atoms with Crippen molar-refractivity contribution in [3.8, 4) is 0 Å². The van der Waals surface area contributed by atoms with Crippen molar-refractivity contribution in [3.05, 3.63) is 0 Å². The summed E-state index contributed by atoms with van der Waals surface area (Å²) in [6, 6.07) is 0. The fraction of sp³-hybridized carbons (Fsp3) is 0.750. The number of rotatable bonds is 10. The van der Waals surface area contributed by atoms with Crippen molar-refractivity contribution >= 4 is 24.0 Å². The molecule has 2 N–H and O–H groups in total. The molecule has 0 aliphatic rings. The molecular formula is C16H29N3O6. The molecule has 9 heteroatoms. The van der Waals surface area contributed by atoms with E-state index in [1.54, 1.807) is 13.8 Å². The maximum atomic E-state index is 11.5. The summed E-state index contributed by atoms with van der Waals surface area (Å²) in [4.78, 5) is 35.5. The molecule has 0 saturated heterocycles. The van der Waals surface area contributed by atoms with Gasteiger partial charge in [0, 0.05) is 13.5 Å². The van der Waals surface area contributed by atoms with Crippen molar-refractivity contribution in [3.63, 3.8) is 0 Å². The lowest BCUT2D eigenvalue weighted by Gasteiger charge is -2.19. The molecule has 0 aromatic heterocycles. The Morgan fingerprint density at radius 1 is 1.04 bits per heavy atom. The molecule has 0 aliphatic heterocycles. The van der Waals surface area contributed by atoms with E-state index in [0.29, 0.717) is 13.0 Å². The molecule has 1 amide bonds. The lowest BCUT2D eigenvalue weighted by Crippen LogP contribution is -2.44. The van der Waals surface area contributed by atoms with E-state index >= 15 is 0 Å². The van der Waals surface area contributed by atoms with Crippen LogP contribution in [-0.2, 0) is 23.8 Å². The highest BCUT2D eigenvalue weighted by molar-refractivity contribution is 5.93. The number of carbonyl (C=O) groups is 3. The van der Waals surface area contributed by atoms with E-state index in [-0.39, 0.29) is 37.6 Å². The third-order valence-electron chi connectivity index (χ3n) is 2.97. The summed E-state index contributed by atoms with van der Waals surface area (Å²) < 4.78 is 14.8. The quantitative estimate of drug-likeness (QED) is 0.199. The van der Waals surface area contributed by atoms with Crippen molar-refractivity contribution in [2.75, 3.05) is 33.4 Å². The van der Waals surface area contributed by atoms with Crippen LogP contribution in [0.4, 0.5) is 4.79 Å². The zero-order chi connectivity index (χ0) is 19.2. The molecule has 0 aromatic carbocycles. The number of alkyl carbamates (subject to hydrolysis) is 1. The van der Waals surface area contributed by atoms with Crippen LogP contribution < -0.4 is 5.32 Å². The molecule has 9 nitrogen and oxygen atoms in total. The van der Waals surface area contributed by atoms with Crippen LogP contribution in [0.2, 0.25) is 0 Å². The number of amides is 1. The van der Waals surface area contributed by atoms with Crippen LogP contribution in [0.25, 0.3) is 0 Å². The third-order valence-corrected chi connectivity index (χ3v) is 2.97. The normalized spacial score (nSPS) is 10.1. The minimum atomic E-state index is -0.814. The lowest BCUT2D eigenvalue weighted by molar-refractivity contribution is -0.147. The standard InChI is InChI=1S/C16H29N3O6/c1-5-6-8-23-13(20)11-19(4)15(17)18-16(22)25-10-7-9-24-14(21)12(2)3/h12H,5-11H2,1-4H3,(H2,17,18,22). The number of esters is 2. The van der Waals surface area contributed by atoms with Crippen LogP contribution in [0.3, 0.4) is 0 Å². The molecule has 0 radical (unpaired) electrons. The topological polar surface area (TPSA) is 118 Å².